The zero-order valence-electron chi connectivity index (χ0n) is 16.4. The summed E-state index contributed by atoms with van der Waals surface area (Å²) in [4.78, 5) is 28.8. The van der Waals surface area contributed by atoms with E-state index in [1.165, 1.54) is 18.2 Å². The number of unbranched alkanes of at least 4 members (excludes halogenated alkanes) is 1. The molecule has 1 atom stereocenters. The van der Waals surface area contributed by atoms with Crippen LogP contribution < -0.4 is 0 Å². The van der Waals surface area contributed by atoms with Crippen molar-refractivity contribution < 1.29 is 18.7 Å². The Kier molecular flexibility index (Phi) is 7.48. The summed E-state index contributed by atoms with van der Waals surface area (Å²) in [6, 6.07) is 9.72. The maximum absolute atomic E-state index is 12.4. The number of fused-ring (bicyclic) bond motifs is 1. The molecule has 162 valence electrons. The van der Waals surface area contributed by atoms with Crippen LogP contribution in [-0.2, 0) is 9.53 Å². The van der Waals surface area contributed by atoms with Crippen LogP contribution in [0.5, 0.6) is 0 Å². The largest absolute Gasteiger partial charge is 0.436 e. The molecule has 0 saturated carbocycles. The maximum atomic E-state index is 12.4. The lowest BCUT2D eigenvalue weighted by molar-refractivity contribution is -0.138. The second-order valence-electron chi connectivity index (χ2n) is 7.20. The van der Waals surface area contributed by atoms with Crippen LogP contribution in [0, 0.1) is 0 Å². The lowest BCUT2D eigenvalue weighted by Gasteiger charge is -2.06. The molecule has 31 heavy (non-hydrogen) atoms. The summed E-state index contributed by atoms with van der Waals surface area (Å²) in [7, 11) is 3.84. The summed E-state index contributed by atoms with van der Waals surface area (Å²) in [5.74, 6) is 0.332. The van der Waals surface area contributed by atoms with E-state index in [-0.39, 0.29) is 12.0 Å². The third-order valence-corrected chi connectivity index (χ3v) is 8.27. The molecule has 5 nitrogen and oxygen atoms in total. The van der Waals surface area contributed by atoms with E-state index in [1.54, 1.807) is 30.3 Å². The van der Waals surface area contributed by atoms with Crippen molar-refractivity contribution in [2.24, 2.45) is 0 Å². The minimum Gasteiger partial charge on any atom is -0.436 e. The number of carbonyl (C=O) groups excluding carboxylic acids is 2. The van der Waals surface area contributed by atoms with Gasteiger partial charge in [-0.05, 0) is 55.7 Å². The Balaban J connectivity index is 1.36. The van der Waals surface area contributed by atoms with Gasteiger partial charge in [0.05, 0.1) is 5.56 Å². The van der Waals surface area contributed by atoms with Crippen molar-refractivity contribution in [1.82, 2.24) is 4.98 Å². The fraction of sp³-hybridized carbons (Fsp3) is 0.318. The Bertz CT molecular complexity index is 1090. The second kappa shape index (κ2) is 10.3. The molecular weight excluding hydrogens is 477 g/mol. The molecule has 3 aromatic rings. The number of nitrogens with zero attached hydrogens (tertiary/aromatic N) is 1. The first kappa shape index (κ1) is 22.5. The number of benzene rings is 2. The summed E-state index contributed by atoms with van der Waals surface area (Å²) in [5, 5.41) is 1.62. The van der Waals surface area contributed by atoms with Crippen molar-refractivity contribution in [1.29, 1.82) is 0 Å². The molecule has 1 fully saturated rings. The van der Waals surface area contributed by atoms with Crippen LogP contribution in [0.3, 0.4) is 0 Å². The number of esters is 2. The Hall–Kier alpha value is -1.67. The van der Waals surface area contributed by atoms with Crippen molar-refractivity contribution in [3.63, 3.8) is 0 Å². The summed E-state index contributed by atoms with van der Waals surface area (Å²) in [6.07, 6.45) is 4.25. The van der Waals surface area contributed by atoms with Gasteiger partial charge < -0.3 is 9.15 Å². The van der Waals surface area contributed by atoms with Gasteiger partial charge in [-0.1, -0.05) is 51.2 Å². The number of hydrogen-bond acceptors (Lipinski definition) is 7. The van der Waals surface area contributed by atoms with Gasteiger partial charge in [0.1, 0.15) is 5.52 Å². The Labute approximate surface area is 197 Å². The Morgan fingerprint density at radius 1 is 1.13 bits per heavy atom. The van der Waals surface area contributed by atoms with Gasteiger partial charge in [0, 0.05) is 33.0 Å². The van der Waals surface area contributed by atoms with Crippen LogP contribution in [0.1, 0.15) is 42.5 Å². The number of aromatic nitrogens is 1. The number of halogens is 2. The molecule has 2 heterocycles. The van der Waals surface area contributed by atoms with Gasteiger partial charge in [-0.25, -0.2) is 9.78 Å². The Morgan fingerprint density at radius 3 is 2.68 bits per heavy atom. The minimum absolute atomic E-state index is 0.229. The van der Waals surface area contributed by atoms with E-state index in [9.17, 15) is 9.59 Å². The standard InChI is InChI=1S/C22H19Cl2NO4S2/c23-15-9-14(10-16(24)12-15)21-25-18-6-5-13(11-19(18)28-21)22(27)29-20(26)4-2-1-3-17-7-8-30-31-17/h5-6,9-12,17H,1-4,7-8H2/t17-/m0/s1. The second-order valence-corrected chi connectivity index (χ2v) is 10.9. The number of rotatable bonds is 7. The van der Waals surface area contributed by atoms with E-state index in [0.29, 0.717) is 37.8 Å². The molecule has 9 heteroatoms. The molecular formula is C22H19Cl2NO4S2. The van der Waals surface area contributed by atoms with Gasteiger partial charge in [0.2, 0.25) is 5.89 Å². The lowest BCUT2D eigenvalue weighted by atomic mass is 10.1. The SMILES string of the molecule is O=C(CCCC[C@H]1CCSS1)OC(=O)c1ccc2nc(-c3cc(Cl)cc(Cl)c3)oc2c1. The van der Waals surface area contributed by atoms with Gasteiger partial charge in [-0.15, -0.1) is 0 Å². The van der Waals surface area contributed by atoms with Crippen LogP contribution in [0.25, 0.3) is 22.6 Å². The summed E-state index contributed by atoms with van der Waals surface area (Å²) in [6.45, 7) is 0. The number of oxazole rings is 1. The van der Waals surface area contributed by atoms with Crippen molar-refractivity contribution in [2.75, 3.05) is 5.75 Å². The molecule has 0 spiro atoms. The molecule has 1 aliphatic rings. The van der Waals surface area contributed by atoms with Crippen LogP contribution in [0.2, 0.25) is 10.0 Å². The molecule has 0 bridgehead atoms. The van der Waals surface area contributed by atoms with Crippen LogP contribution in [0.4, 0.5) is 0 Å². The molecule has 1 aromatic heterocycles. The number of carbonyl (C=O) groups is 2. The summed E-state index contributed by atoms with van der Waals surface area (Å²) >= 11 is 12.1. The predicted molar refractivity (Wildman–Crippen MR) is 127 cm³/mol. The lowest BCUT2D eigenvalue weighted by Crippen LogP contribution is -2.12. The molecule has 0 unspecified atom stereocenters. The van der Waals surface area contributed by atoms with Crippen molar-refractivity contribution >= 4 is 67.8 Å². The maximum Gasteiger partial charge on any atom is 0.345 e. The summed E-state index contributed by atoms with van der Waals surface area (Å²) in [5.41, 5.74) is 1.83. The normalized spacial score (nSPS) is 16.0. The fourth-order valence-corrected chi connectivity index (χ4v) is 6.83. The first-order valence-corrected chi connectivity index (χ1v) is 13.0. The molecule has 0 amide bonds. The van der Waals surface area contributed by atoms with Gasteiger partial charge in [-0.3, -0.25) is 4.79 Å². The smallest absolute Gasteiger partial charge is 0.345 e. The highest BCUT2D eigenvalue weighted by Crippen LogP contribution is 2.40. The topological polar surface area (TPSA) is 69.4 Å². The van der Waals surface area contributed by atoms with Crippen molar-refractivity contribution in [3.05, 3.63) is 52.0 Å². The quantitative estimate of drug-likeness (QED) is 0.148. The third-order valence-electron chi connectivity index (χ3n) is 4.82. The zero-order chi connectivity index (χ0) is 21.8. The molecule has 0 aliphatic carbocycles. The van der Waals surface area contributed by atoms with E-state index in [2.05, 4.69) is 4.98 Å². The van der Waals surface area contributed by atoms with E-state index < -0.39 is 11.9 Å². The molecule has 2 aromatic carbocycles. The molecule has 1 aliphatic heterocycles. The average molecular weight is 496 g/mol. The van der Waals surface area contributed by atoms with Gasteiger partial charge in [0.25, 0.3) is 0 Å². The average Bonchev–Trinajstić information content (AvgIpc) is 3.39. The first-order valence-electron chi connectivity index (χ1n) is 9.88. The van der Waals surface area contributed by atoms with Crippen LogP contribution in [-0.4, -0.2) is 27.9 Å². The van der Waals surface area contributed by atoms with Gasteiger partial charge >= 0.3 is 11.9 Å². The molecule has 1 saturated heterocycles. The highest BCUT2D eigenvalue weighted by molar-refractivity contribution is 8.77. The van der Waals surface area contributed by atoms with E-state index in [1.807, 2.05) is 21.6 Å². The monoisotopic (exact) mass is 495 g/mol. The molecule has 0 N–H and O–H groups in total. The minimum atomic E-state index is -0.696. The highest BCUT2D eigenvalue weighted by Gasteiger charge is 2.18. The van der Waals surface area contributed by atoms with E-state index in [0.717, 1.165) is 19.3 Å². The van der Waals surface area contributed by atoms with Crippen molar-refractivity contribution in [2.45, 2.75) is 37.4 Å². The molecule has 4 rings (SSSR count). The Morgan fingerprint density at radius 2 is 1.94 bits per heavy atom. The van der Waals surface area contributed by atoms with Crippen LogP contribution in [0.15, 0.2) is 40.8 Å². The first-order chi connectivity index (χ1) is 15.0. The van der Waals surface area contributed by atoms with E-state index >= 15 is 0 Å². The number of hydrogen-bond donors (Lipinski definition) is 0. The highest BCUT2D eigenvalue weighted by atomic mass is 35.5. The summed E-state index contributed by atoms with van der Waals surface area (Å²) < 4.78 is 10.8. The predicted octanol–water partition coefficient (Wildman–Crippen LogP) is 7.20. The van der Waals surface area contributed by atoms with Gasteiger partial charge in [0.15, 0.2) is 5.58 Å². The van der Waals surface area contributed by atoms with E-state index in [4.69, 9.17) is 32.4 Å². The molecule has 0 radical (unpaired) electrons. The van der Waals surface area contributed by atoms with Crippen LogP contribution >= 0.6 is 44.8 Å². The fourth-order valence-electron chi connectivity index (χ4n) is 3.27. The van der Waals surface area contributed by atoms with Crippen molar-refractivity contribution in [3.8, 4) is 11.5 Å². The number of ether oxygens (including phenoxy) is 1. The zero-order valence-corrected chi connectivity index (χ0v) is 19.6. The third kappa shape index (κ3) is 5.98. The van der Waals surface area contributed by atoms with Gasteiger partial charge in [-0.2, -0.15) is 0 Å².